The number of hydrogen-bond acceptors (Lipinski definition) is 3. The van der Waals surface area contributed by atoms with Crippen LogP contribution in [0.2, 0.25) is 5.02 Å². The van der Waals surface area contributed by atoms with Crippen LogP contribution in [-0.4, -0.2) is 17.8 Å². The number of urea groups is 1. The summed E-state index contributed by atoms with van der Waals surface area (Å²) in [6.45, 7) is 0. The fraction of sp³-hybridized carbons (Fsp3) is 0. The van der Waals surface area contributed by atoms with E-state index < -0.39 is 17.8 Å². The number of anilines is 2. The summed E-state index contributed by atoms with van der Waals surface area (Å²) in [4.78, 5) is 41.5. The Balaban J connectivity index is 1.87. The van der Waals surface area contributed by atoms with Gasteiger partial charge < -0.3 is 0 Å². The molecule has 0 radical (unpaired) electrons. The fourth-order valence-corrected chi connectivity index (χ4v) is 3.30. The molecule has 5 nitrogen and oxygen atoms in total. The summed E-state index contributed by atoms with van der Waals surface area (Å²) >= 11 is 6.03. The number of rotatable bonds is 3. The van der Waals surface area contributed by atoms with Gasteiger partial charge in [0.2, 0.25) is 0 Å². The minimum atomic E-state index is -0.722. The molecule has 0 atom stereocenters. The third kappa shape index (κ3) is 3.56. The van der Waals surface area contributed by atoms with Crippen LogP contribution in [0.3, 0.4) is 0 Å². The van der Waals surface area contributed by atoms with Crippen molar-refractivity contribution in [3.63, 3.8) is 0 Å². The van der Waals surface area contributed by atoms with Crippen molar-refractivity contribution in [2.45, 2.75) is 0 Å². The van der Waals surface area contributed by atoms with Gasteiger partial charge in [-0.1, -0.05) is 60.1 Å². The average Bonchev–Trinajstić information content (AvgIpc) is 2.73. The topological polar surface area (TPSA) is 57.7 Å². The van der Waals surface area contributed by atoms with Crippen molar-refractivity contribution in [2.24, 2.45) is 0 Å². The van der Waals surface area contributed by atoms with Gasteiger partial charge in [-0.25, -0.2) is 14.6 Å². The molecule has 3 aromatic rings. The van der Waals surface area contributed by atoms with E-state index in [1.165, 1.54) is 6.08 Å². The van der Waals surface area contributed by atoms with Gasteiger partial charge in [-0.3, -0.25) is 9.59 Å². The molecule has 3 aromatic carbocycles. The number of benzene rings is 3. The summed E-state index contributed by atoms with van der Waals surface area (Å²) in [6.07, 6.45) is 1.45. The molecule has 4 rings (SSSR count). The zero-order valence-electron chi connectivity index (χ0n) is 15.2. The minimum absolute atomic E-state index is 0.125. The number of halogens is 1. The van der Waals surface area contributed by atoms with Gasteiger partial charge in [0.15, 0.2) is 0 Å². The zero-order chi connectivity index (χ0) is 20.4. The monoisotopic (exact) mass is 402 g/mol. The summed E-state index contributed by atoms with van der Waals surface area (Å²) in [5.41, 5.74) is 1.23. The summed E-state index contributed by atoms with van der Waals surface area (Å²) in [7, 11) is 0. The van der Waals surface area contributed by atoms with Gasteiger partial charge >= 0.3 is 6.03 Å². The van der Waals surface area contributed by atoms with Gasteiger partial charge in [0, 0.05) is 5.02 Å². The third-order valence-electron chi connectivity index (χ3n) is 4.44. The molecule has 1 saturated heterocycles. The molecule has 6 heteroatoms. The molecule has 1 aliphatic heterocycles. The van der Waals surface area contributed by atoms with E-state index in [4.69, 9.17) is 11.6 Å². The first-order valence-corrected chi connectivity index (χ1v) is 9.24. The molecular formula is C23H15ClN2O3. The Kier molecular flexibility index (Phi) is 4.97. The first-order chi connectivity index (χ1) is 14.1. The van der Waals surface area contributed by atoms with Crippen molar-refractivity contribution < 1.29 is 14.4 Å². The van der Waals surface area contributed by atoms with E-state index in [-0.39, 0.29) is 5.57 Å². The van der Waals surface area contributed by atoms with Crippen molar-refractivity contribution in [3.05, 3.63) is 101 Å². The van der Waals surface area contributed by atoms with Crippen LogP contribution in [0.4, 0.5) is 16.2 Å². The quantitative estimate of drug-likeness (QED) is 0.461. The molecule has 0 N–H and O–H groups in total. The van der Waals surface area contributed by atoms with E-state index >= 15 is 0 Å². The lowest BCUT2D eigenvalue weighted by Gasteiger charge is -2.33. The number of carbonyl (C=O) groups excluding carboxylic acids is 3. The third-order valence-corrected chi connectivity index (χ3v) is 4.67. The first-order valence-electron chi connectivity index (χ1n) is 8.86. The van der Waals surface area contributed by atoms with Crippen LogP contribution in [0.25, 0.3) is 6.08 Å². The highest BCUT2D eigenvalue weighted by Gasteiger charge is 2.43. The van der Waals surface area contributed by atoms with Crippen LogP contribution in [0.1, 0.15) is 5.56 Å². The lowest BCUT2D eigenvalue weighted by atomic mass is 10.0. The van der Waals surface area contributed by atoms with Gasteiger partial charge in [0.1, 0.15) is 5.57 Å². The standard InChI is InChI=1S/C23H15ClN2O3/c24-17-9-7-8-16(14-17)15-20-21(27)25(18-10-3-1-4-11-18)23(29)26(22(20)28)19-12-5-2-6-13-19/h1-15H. The Morgan fingerprint density at radius 2 is 1.17 bits per heavy atom. The highest BCUT2D eigenvalue weighted by molar-refractivity contribution is 6.46. The van der Waals surface area contributed by atoms with Crippen LogP contribution in [0.15, 0.2) is 90.5 Å². The Hall–Kier alpha value is -3.70. The first kappa shape index (κ1) is 18.7. The number of para-hydroxylation sites is 2. The summed E-state index contributed by atoms with van der Waals surface area (Å²) in [6, 6.07) is 23.1. The zero-order valence-corrected chi connectivity index (χ0v) is 15.9. The number of nitrogens with zero attached hydrogens (tertiary/aromatic N) is 2. The minimum Gasteiger partial charge on any atom is -0.268 e. The Morgan fingerprint density at radius 1 is 0.655 bits per heavy atom. The molecule has 4 amide bonds. The number of barbiturate groups is 1. The molecule has 0 spiro atoms. The Morgan fingerprint density at radius 3 is 1.66 bits per heavy atom. The molecule has 1 heterocycles. The van der Waals surface area contributed by atoms with Crippen molar-refractivity contribution >= 4 is 46.9 Å². The maximum absolute atomic E-state index is 13.2. The van der Waals surface area contributed by atoms with E-state index in [0.717, 1.165) is 9.80 Å². The second-order valence-corrected chi connectivity index (χ2v) is 6.78. The molecule has 0 bridgehead atoms. The normalized spacial score (nSPS) is 14.4. The molecule has 1 aliphatic rings. The van der Waals surface area contributed by atoms with Crippen molar-refractivity contribution in [3.8, 4) is 0 Å². The van der Waals surface area contributed by atoms with Crippen LogP contribution in [0, 0.1) is 0 Å². The van der Waals surface area contributed by atoms with Crippen LogP contribution in [0.5, 0.6) is 0 Å². The van der Waals surface area contributed by atoms with Gasteiger partial charge in [0.25, 0.3) is 11.8 Å². The number of carbonyl (C=O) groups is 3. The van der Waals surface area contributed by atoms with Gasteiger partial charge in [-0.15, -0.1) is 0 Å². The van der Waals surface area contributed by atoms with Crippen molar-refractivity contribution in [1.29, 1.82) is 0 Å². The second kappa shape index (κ2) is 7.73. The average molecular weight is 403 g/mol. The largest absolute Gasteiger partial charge is 0.343 e. The smallest absolute Gasteiger partial charge is 0.268 e. The van der Waals surface area contributed by atoms with E-state index in [1.54, 1.807) is 84.9 Å². The maximum Gasteiger partial charge on any atom is 0.343 e. The summed E-state index contributed by atoms with van der Waals surface area (Å²) < 4.78 is 0. The molecular weight excluding hydrogens is 388 g/mol. The highest BCUT2D eigenvalue weighted by Crippen LogP contribution is 2.29. The molecule has 1 fully saturated rings. The SMILES string of the molecule is O=C1C(=Cc2cccc(Cl)c2)C(=O)N(c2ccccc2)C(=O)N1c1ccccc1. The molecule has 0 aromatic heterocycles. The van der Waals surface area contributed by atoms with Gasteiger partial charge in [-0.2, -0.15) is 0 Å². The molecule has 142 valence electrons. The van der Waals surface area contributed by atoms with Crippen LogP contribution >= 0.6 is 11.6 Å². The number of imide groups is 2. The van der Waals surface area contributed by atoms with E-state index in [1.807, 2.05) is 0 Å². The molecule has 0 unspecified atom stereocenters. The van der Waals surface area contributed by atoms with E-state index in [2.05, 4.69) is 0 Å². The Labute approximate surface area is 172 Å². The fourth-order valence-electron chi connectivity index (χ4n) is 3.10. The molecule has 0 aliphatic carbocycles. The second-order valence-electron chi connectivity index (χ2n) is 6.35. The van der Waals surface area contributed by atoms with Crippen molar-refractivity contribution in [1.82, 2.24) is 0 Å². The van der Waals surface area contributed by atoms with Crippen LogP contribution < -0.4 is 9.80 Å². The molecule has 0 saturated carbocycles. The van der Waals surface area contributed by atoms with E-state index in [9.17, 15) is 14.4 Å². The van der Waals surface area contributed by atoms with Crippen molar-refractivity contribution in [2.75, 3.05) is 9.80 Å². The van der Waals surface area contributed by atoms with E-state index in [0.29, 0.717) is 22.0 Å². The maximum atomic E-state index is 13.2. The summed E-state index contributed by atoms with van der Waals surface area (Å²) in [5.74, 6) is -1.36. The molecule has 29 heavy (non-hydrogen) atoms. The Bertz CT molecular complexity index is 1060. The lowest BCUT2D eigenvalue weighted by Crippen LogP contribution is -2.57. The van der Waals surface area contributed by atoms with Gasteiger partial charge in [0.05, 0.1) is 11.4 Å². The predicted molar refractivity (Wildman–Crippen MR) is 113 cm³/mol. The lowest BCUT2D eigenvalue weighted by molar-refractivity contribution is -0.121. The van der Waals surface area contributed by atoms with Gasteiger partial charge in [-0.05, 0) is 48.0 Å². The highest BCUT2D eigenvalue weighted by atomic mass is 35.5. The van der Waals surface area contributed by atoms with Crippen LogP contribution in [-0.2, 0) is 9.59 Å². The predicted octanol–water partition coefficient (Wildman–Crippen LogP) is 4.92. The number of amides is 4. The number of hydrogen-bond donors (Lipinski definition) is 0. The summed E-state index contributed by atoms with van der Waals surface area (Å²) in [5, 5.41) is 0.478.